The van der Waals surface area contributed by atoms with Crippen molar-refractivity contribution in [1.82, 2.24) is 4.90 Å². The van der Waals surface area contributed by atoms with E-state index in [9.17, 15) is 18.0 Å². The van der Waals surface area contributed by atoms with E-state index in [1.54, 1.807) is 0 Å². The van der Waals surface area contributed by atoms with Crippen LogP contribution in [-0.4, -0.2) is 23.7 Å². The second kappa shape index (κ2) is 3.33. The van der Waals surface area contributed by atoms with Crippen LogP contribution in [0.2, 0.25) is 0 Å². The highest BCUT2D eigenvalue weighted by Gasteiger charge is 2.40. The van der Waals surface area contributed by atoms with Gasteiger partial charge in [0.15, 0.2) is 0 Å². The van der Waals surface area contributed by atoms with Crippen molar-refractivity contribution in [3.63, 3.8) is 0 Å². The molecule has 0 radical (unpaired) electrons. The van der Waals surface area contributed by atoms with E-state index in [2.05, 4.69) is 0 Å². The highest BCUT2D eigenvalue weighted by Crippen LogP contribution is 2.25. The molecule has 5 heteroatoms. The van der Waals surface area contributed by atoms with E-state index >= 15 is 0 Å². The summed E-state index contributed by atoms with van der Waals surface area (Å²) in [6.07, 6.45) is -2.73. The molecule has 12 heavy (non-hydrogen) atoms. The second-order valence-electron chi connectivity index (χ2n) is 2.82. The highest BCUT2D eigenvalue weighted by atomic mass is 19.4. The molecule has 1 amide bonds. The zero-order valence-corrected chi connectivity index (χ0v) is 6.52. The van der Waals surface area contributed by atoms with Crippen LogP contribution in [0.4, 0.5) is 13.2 Å². The Morgan fingerprint density at radius 1 is 1.17 bits per heavy atom. The van der Waals surface area contributed by atoms with Gasteiger partial charge < -0.3 is 0 Å². The summed E-state index contributed by atoms with van der Waals surface area (Å²) in [6, 6.07) is 0. The van der Waals surface area contributed by atoms with Crippen molar-refractivity contribution >= 4 is 5.91 Å². The fraction of sp³-hybridized carbons (Fsp3) is 0.857. The van der Waals surface area contributed by atoms with E-state index < -0.39 is 12.2 Å². The van der Waals surface area contributed by atoms with Crippen LogP contribution in [0, 0.1) is 0 Å². The third-order valence-electron chi connectivity index (χ3n) is 1.88. The van der Waals surface area contributed by atoms with Crippen molar-refractivity contribution in [1.29, 1.82) is 0 Å². The summed E-state index contributed by atoms with van der Waals surface area (Å²) in [4.78, 5) is 10.9. The summed E-state index contributed by atoms with van der Waals surface area (Å²) in [5, 5.41) is 0. The number of carbonyl (C=O) groups is 1. The summed E-state index contributed by atoms with van der Waals surface area (Å²) in [7, 11) is 0. The average Bonchev–Trinajstić information content (AvgIpc) is 2.11. The molecular formula is C7H10F3NO. The lowest BCUT2D eigenvalue weighted by Crippen LogP contribution is -2.42. The quantitative estimate of drug-likeness (QED) is 0.523. The predicted octanol–water partition coefficient (Wildman–Crippen LogP) is 1.91. The van der Waals surface area contributed by atoms with Crippen LogP contribution in [0.1, 0.15) is 25.7 Å². The molecule has 0 aromatic heterocycles. The number of amides is 1. The van der Waals surface area contributed by atoms with Gasteiger partial charge in [0.25, 0.3) is 0 Å². The zero-order valence-electron chi connectivity index (χ0n) is 6.52. The normalized spacial score (nSPS) is 20.9. The van der Waals surface area contributed by atoms with E-state index in [1.165, 1.54) is 0 Å². The SMILES string of the molecule is O=C1CCCCCN1C(F)(F)F. The number of hydrogen-bond donors (Lipinski definition) is 0. The molecule has 2 nitrogen and oxygen atoms in total. The van der Waals surface area contributed by atoms with Crippen LogP contribution in [0.3, 0.4) is 0 Å². The first-order chi connectivity index (χ1) is 5.52. The Morgan fingerprint density at radius 3 is 2.42 bits per heavy atom. The summed E-state index contributed by atoms with van der Waals surface area (Å²) in [5.74, 6) is -0.792. The molecule has 0 atom stereocenters. The summed E-state index contributed by atoms with van der Waals surface area (Å²) < 4.78 is 36.2. The van der Waals surface area contributed by atoms with E-state index in [1.807, 2.05) is 0 Å². The number of halogens is 3. The highest BCUT2D eigenvalue weighted by molar-refractivity contribution is 5.76. The number of hydrogen-bond acceptors (Lipinski definition) is 1. The van der Waals surface area contributed by atoms with Crippen molar-refractivity contribution in [2.24, 2.45) is 0 Å². The summed E-state index contributed by atoms with van der Waals surface area (Å²) in [6.45, 7) is -0.178. The number of rotatable bonds is 0. The predicted molar refractivity (Wildman–Crippen MR) is 36.2 cm³/mol. The molecule has 1 rings (SSSR count). The topological polar surface area (TPSA) is 20.3 Å². The summed E-state index contributed by atoms with van der Waals surface area (Å²) >= 11 is 0. The maximum absolute atomic E-state index is 12.1. The fourth-order valence-electron chi connectivity index (χ4n) is 1.25. The van der Waals surface area contributed by atoms with E-state index in [4.69, 9.17) is 0 Å². The molecule has 0 bridgehead atoms. The van der Waals surface area contributed by atoms with Crippen molar-refractivity contribution in [2.45, 2.75) is 32.0 Å². The van der Waals surface area contributed by atoms with E-state index in [0.29, 0.717) is 19.3 Å². The van der Waals surface area contributed by atoms with Crippen LogP contribution in [-0.2, 0) is 4.79 Å². The van der Waals surface area contributed by atoms with Gasteiger partial charge in [-0.15, -0.1) is 13.2 Å². The molecule has 1 heterocycles. The van der Waals surface area contributed by atoms with Gasteiger partial charge in [-0.3, -0.25) is 9.69 Å². The minimum Gasteiger partial charge on any atom is -0.275 e. The Balaban J connectivity index is 2.66. The van der Waals surface area contributed by atoms with Crippen LogP contribution >= 0.6 is 0 Å². The van der Waals surface area contributed by atoms with Gasteiger partial charge in [0.05, 0.1) is 0 Å². The van der Waals surface area contributed by atoms with E-state index in [-0.39, 0.29) is 17.9 Å². The van der Waals surface area contributed by atoms with Crippen LogP contribution in [0.25, 0.3) is 0 Å². The van der Waals surface area contributed by atoms with Crippen molar-refractivity contribution in [3.05, 3.63) is 0 Å². The first-order valence-corrected chi connectivity index (χ1v) is 3.89. The lowest BCUT2D eigenvalue weighted by molar-refractivity contribution is -0.239. The Labute approximate surface area is 68.3 Å². The van der Waals surface area contributed by atoms with Crippen molar-refractivity contribution < 1.29 is 18.0 Å². The van der Waals surface area contributed by atoms with Crippen molar-refractivity contribution in [2.75, 3.05) is 6.54 Å². The lowest BCUT2D eigenvalue weighted by atomic mass is 10.2. The molecule has 0 aliphatic carbocycles. The second-order valence-corrected chi connectivity index (χ2v) is 2.82. The van der Waals surface area contributed by atoms with Gasteiger partial charge in [0.1, 0.15) is 0 Å². The maximum atomic E-state index is 12.1. The smallest absolute Gasteiger partial charge is 0.275 e. The number of nitrogens with zero attached hydrogens (tertiary/aromatic N) is 1. The monoisotopic (exact) mass is 181 g/mol. The number of carbonyl (C=O) groups excluding carboxylic acids is 1. The van der Waals surface area contributed by atoms with Gasteiger partial charge in [-0.25, -0.2) is 0 Å². The minimum atomic E-state index is -4.48. The van der Waals surface area contributed by atoms with Crippen molar-refractivity contribution in [3.8, 4) is 0 Å². The average molecular weight is 181 g/mol. The van der Waals surface area contributed by atoms with Gasteiger partial charge in [-0.1, -0.05) is 6.42 Å². The first-order valence-electron chi connectivity index (χ1n) is 3.89. The fourth-order valence-corrected chi connectivity index (χ4v) is 1.25. The van der Waals surface area contributed by atoms with Gasteiger partial charge in [-0.05, 0) is 12.8 Å². The largest absolute Gasteiger partial charge is 0.487 e. The molecule has 0 spiro atoms. The van der Waals surface area contributed by atoms with Crippen LogP contribution < -0.4 is 0 Å². The molecule has 0 aromatic carbocycles. The molecule has 70 valence electrons. The minimum absolute atomic E-state index is 0.0139. The Hall–Kier alpha value is -0.740. The standard InChI is InChI=1S/C7H10F3NO/c8-7(9,10)11-5-3-1-2-4-6(11)12/h1-5H2. The molecular weight excluding hydrogens is 171 g/mol. The summed E-state index contributed by atoms with van der Waals surface area (Å²) in [5.41, 5.74) is 0. The molecule has 1 fully saturated rings. The Kier molecular flexibility index (Phi) is 2.59. The maximum Gasteiger partial charge on any atom is 0.487 e. The Morgan fingerprint density at radius 2 is 1.83 bits per heavy atom. The van der Waals surface area contributed by atoms with Gasteiger partial charge in [0, 0.05) is 13.0 Å². The van der Waals surface area contributed by atoms with Crippen LogP contribution in [0.5, 0.6) is 0 Å². The van der Waals surface area contributed by atoms with E-state index in [0.717, 1.165) is 0 Å². The zero-order chi connectivity index (χ0) is 9.19. The third-order valence-corrected chi connectivity index (χ3v) is 1.88. The van der Waals surface area contributed by atoms with Gasteiger partial charge in [0.2, 0.25) is 5.91 Å². The lowest BCUT2D eigenvalue weighted by Gasteiger charge is -2.22. The molecule has 1 aliphatic rings. The molecule has 0 aromatic rings. The van der Waals surface area contributed by atoms with Gasteiger partial charge >= 0.3 is 6.30 Å². The van der Waals surface area contributed by atoms with Gasteiger partial charge in [-0.2, -0.15) is 0 Å². The first kappa shape index (κ1) is 9.35. The third kappa shape index (κ3) is 2.12. The molecule has 0 saturated carbocycles. The molecule has 0 N–H and O–H groups in total. The molecule has 1 saturated heterocycles. The number of likely N-dealkylation sites (tertiary alicyclic amines) is 1. The molecule has 0 unspecified atom stereocenters. The Bertz CT molecular complexity index is 178. The van der Waals surface area contributed by atoms with Crippen LogP contribution in [0.15, 0.2) is 0 Å². The number of alkyl halides is 3. The molecule has 1 aliphatic heterocycles.